The van der Waals surface area contributed by atoms with Gasteiger partial charge in [0, 0.05) is 24.3 Å². The Morgan fingerprint density at radius 2 is 2.11 bits per heavy atom. The lowest BCUT2D eigenvalue weighted by Gasteiger charge is -2.20. The average Bonchev–Trinajstić information content (AvgIpc) is 3.05. The van der Waals surface area contributed by atoms with Gasteiger partial charge in [0.05, 0.1) is 0 Å². The van der Waals surface area contributed by atoms with Crippen LogP contribution >= 0.6 is 0 Å². The van der Waals surface area contributed by atoms with Crippen molar-refractivity contribution in [2.24, 2.45) is 5.92 Å². The highest BCUT2D eigenvalue weighted by molar-refractivity contribution is 5.82. The van der Waals surface area contributed by atoms with Crippen LogP contribution in [0.3, 0.4) is 0 Å². The molecular formula is C16H22N2. The zero-order valence-electron chi connectivity index (χ0n) is 11.1. The van der Waals surface area contributed by atoms with E-state index in [2.05, 4.69) is 41.5 Å². The van der Waals surface area contributed by atoms with Gasteiger partial charge in [-0.25, -0.2) is 0 Å². The fourth-order valence-corrected chi connectivity index (χ4v) is 3.19. The van der Waals surface area contributed by atoms with Crippen molar-refractivity contribution in [1.82, 2.24) is 10.3 Å². The first kappa shape index (κ1) is 11.8. The van der Waals surface area contributed by atoms with E-state index >= 15 is 0 Å². The van der Waals surface area contributed by atoms with Gasteiger partial charge < -0.3 is 10.3 Å². The molecule has 0 saturated heterocycles. The van der Waals surface area contributed by atoms with Gasteiger partial charge in [0.15, 0.2) is 0 Å². The second-order valence-corrected chi connectivity index (χ2v) is 5.57. The van der Waals surface area contributed by atoms with Crippen molar-refractivity contribution in [2.45, 2.75) is 45.2 Å². The second kappa shape index (κ2) is 5.15. The molecule has 1 fully saturated rings. The lowest BCUT2D eigenvalue weighted by molar-refractivity contribution is 0.381. The molecule has 2 N–H and O–H groups in total. The summed E-state index contributed by atoms with van der Waals surface area (Å²) in [6.07, 6.45) is 7.67. The highest BCUT2D eigenvalue weighted by atomic mass is 14.9. The van der Waals surface area contributed by atoms with Gasteiger partial charge in [-0.05, 0) is 42.7 Å². The molecule has 1 aliphatic rings. The molecule has 1 aromatic carbocycles. The lowest BCUT2D eigenvalue weighted by Crippen LogP contribution is -2.31. The number of para-hydroxylation sites is 1. The van der Waals surface area contributed by atoms with Crippen LogP contribution in [0.2, 0.25) is 0 Å². The number of benzene rings is 1. The Hall–Kier alpha value is -1.28. The van der Waals surface area contributed by atoms with Gasteiger partial charge in [0.1, 0.15) is 0 Å². The van der Waals surface area contributed by atoms with Crippen LogP contribution in [0, 0.1) is 5.92 Å². The van der Waals surface area contributed by atoms with Crippen molar-refractivity contribution in [3.8, 4) is 0 Å². The largest absolute Gasteiger partial charge is 0.361 e. The Morgan fingerprint density at radius 1 is 1.28 bits per heavy atom. The van der Waals surface area contributed by atoms with Crippen LogP contribution < -0.4 is 5.32 Å². The third-order valence-electron chi connectivity index (χ3n) is 4.39. The summed E-state index contributed by atoms with van der Waals surface area (Å²) in [6, 6.07) is 9.30. The zero-order chi connectivity index (χ0) is 12.4. The molecule has 0 unspecified atom stereocenters. The third-order valence-corrected chi connectivity index (χ3v) is 4.39. The average molecular weight is 242 g/mol. The predicted molar refractivity (Wildman–Crippen MR) is 76.6 cm³/mol. The zero-order valence-corrected chi connectivity index (χ0v) is 11.1. The molecule has 1 heterocycles. The molecule has 0 aliphatic heterocycles. The van der Waals surface area contributed by atoms with Gasteiger partial charge in [0.25, 0.3) is 0 Å². The Bertz CT molecular complexity index is 509. The fourth-order valence-electron chi connectivity index (χ4n) is 3.19. The molecule has 2 heteroatoms. The third kappa shape index (κ3) is 2.30. The first-order valence-corrected chi connectivity index (χ1v) is 7.13. The highest BCUT2D eigenvalue weighted by Crippen LogP contribution is 2.27. The van der Waals surface area contributed by atoms with Gasteiger partial charge in [0.2, 0.25) is 0 Å². The smallest absolute Gasteiger partial charge is 0.0499 e. The monoisotopic (exact) mass is 242 g/mol. The van der Waals surface area contributed by atoms with E-state index in [0.29, 0.717) is 6.04 Å². The number of rotatable bonds is 4. The maximum Gasteiger partial charge on any atom is 0.0499 e. The van der Waals surface area contributed by atoms with E-state index in [4.69, 9.17) is 0 Å². The minimum absolute atomic E-state index is 0.637. The van der Waals surface area contributed by atoms with Gasteiger partial charge >= 0.3 is 0 Å². The minimum atomic E-state index is 0.637. The number of hydrogen-bond acceptors (Lipinski definition) is 1. The van der Waals surface area contributed by atoms with E-state index in [-0.39, 0.29) is 0 Å². The van der Waals surface area contributed by atoms with E-state index in [1.165, 1.54) is 42.1 Å². The standard InChI is InChI=1S/C16H22N2/c1-12(13-5-2-3-6-13)18-11-15-8-4-7-14-9-10-17-16(14)15/h4,7-10,12-13,17-18H,2-3,5-6,11H2,1H3/t12-/m1/s1. The van der Waals surface area contributed by atoms with E-state index in [1.807, 2.05) is 6.20 Å². The molecule has 96 valence electrons. The summed E-state index contributed by atoms with van der Waals surface area (Å²) in [4.78, 5) is 3.34. The summed E-state index contributed by atoms with van der Waals surface area (Å²) < 4.78 is 0. The molecule has 0 amide bonds. The molecule has 18 heavy (non-hydrogen) atoms. The molecule has 1 atom stereocenters. The van der Waals surface area contributed by atoms with E-state index in [0.717, 1.165) is 12.5 Å². The molecule has 0 spiro atoms. The first-order valence-electron chi connectivity index (χ1n) is 7.13. The molecule has 0 radical (unpaired) electrons. The van der Waals surface area contributed by atoms with Crippen LogP contribution in [-0.2, 0) is 6.54 Å². The Labute approximate surface area is 109 Å². The topological polar surface area (TPSA) is 27.8 Å². The van der Waals surface area contributed by atoms with Crippen LogP contribution in [0.4, 0.5) is 0 Å². The van der Waals surface area contributed by atoms with Gasteiger partial charge in [-0.15, -0.1) is 0 Å². The van der Waals surface area contributed by atoms with Crippen molar-refractivity contribution in [2.75, 3.05) is 0 Å². The number of hydrogen-bond donors (Lipinski definition) is 2. The van der Waals surface area contributed by atoms with Gasteiger partial charge in [-0.3, -0.25) is 0 Å². The number of fused-ring (bicyclic) bond motifs is 1. The fraction of sp³-hybridized carbons (Fsp3) is 0.500. The quantitative estimate of drug-likeness (QED) is 0.837. The maximum atomic E-state index is 3.70. The molecule has 3 rings (SSSR count). The SMILES string of the molecule is C[C@@H](NCc1cccc2cc[nH]c12)C1CCCC1. The number of nitrogens with one attached hydrogen (secondary N) is 2. The minimum Gasteiger partial charge on any atom is -0.361 e. The summed E-state index contributed by atoms with van der Waals surface area (Å²) >= 11 is 0. The van der Waals surface area contributed by atoms with E-state index in [1.54, 1.807) is 0 Å². The number of aromatic amines is 1. The van der Waals surface area contributed by atoms with Crippen LogP contribution in [0.15, 0.2) is 30.5 Å². The van der Waals surface area contributed by atoms with Crippen molar-refractivity contribution in [3.05, 3.63) is 36.0 Å². The predicted octanol–water partition coefficient (Wildman–Crippen LogP) is 3.84. The van der Waals surface area contributed by atoms with Gasteiger partial charge in [-0.2, -0.15) is 0 Å². The van der Waals surface area contributed by atoms with E-state index in [9.17, 15) is 0 Å². The Balaban J connectivity index is 1.67. The van der Waals surface area contributed by atoms with Crippen LogP contribution in [-0.4, -0.2) is 11.0 Å². The number of aromatic nitrogens is 1. The van der Waals surface area contributed by atoms with Crippen molar-refractivity contribution in [1.29, 1.82) is 0 Å². The second-order valence-electron chi connectivity index (χ2n) is 5.57. The van der Waals surface area contributed by atoms with Crippen molar-refractivity contribution < 1.29 is 0 Å². The Kier molecular flexibility index (Phi) is 3.37. The molecule has 1 saturated carbocycles. The lowest BCUT2D eigenvalue weighted by atomic mass is 9.99. The van der Waals surface area contributed by atoms with Crippen molar-refractivity contribution in [3.63, 3.8) is 0 Å². The van der Waals surface area contributed by atoms with Crippen molar-refractivity contribution >= 4 is 10.9 Å². The maximum absolute atomic E-state index is 3.70. The summed E-state index contributed by atoms with van der Waals surface area (Å²) in [5.41, 5.74) is 2.66. The number of H-pyrrole nitrogens is 1. The summed E-state index contributed by atoms with van der Waals surface area (Å²) in [6.45, 7) is 3.31. The summed E-state index contributed by atoms with van der Waals surface area (Å²) in [7, 11) is 0. The highest BCUT2D eigenvalue weighted by Gasteiger charge is 2.20. The first-order chi connectivity index (χ1) is 8.84. The molecular weight excluding hydrogens is 220 g/mol. The van der Waals surface area contributed by atoms with Crippen LogP contribution in [0.1, 0.15) is 38.2 Å². The van der Waals surface area contributed by atoms with Gasteiger partial charge in [-0.1, -0.05) is 31.0 Å². The van der Waals surface area contributed by atoms with Crippen LogP contribution in [0.25, 0.3) is 10.9 Å². The normalized spacial score (nSPS) is 18.5. The molecule has 0 bridgehead atoms. The Morgan fingerprint density at radius 3 is 2.94 bits per heavy atom. The molecule has 2 aromatic rings. The van der Waals surface area contributed by atoms with Crippen LogP contribution in [0.5, 0.6) is 0 Å². The summed E-state index contributed by atoms with van der Waals surface area (Å²) in [5, 5.41) is 5.01. The van der Waals surface area contributed by atoms with E-state index < -0.39 is 0 Å². The summed E-state index contributed by atoms with van der Waals surface area (Å²) in [5.74, 6) is 0.882. The molecule has 2 nitrogen and oxygen atoms in total. The molecule has 1 aromatic heterocycles. The molecule has 1 aliphatic carbocycles.